The number of benzene rings is 2. The Bertz CT molecular complexity index is 1160. The summed E-state index contributed by atoms with van der Waals surface area (Å²) < 4.78 is 15.8. The number of para-hydroxylation sites is 1. The van der Waals surface area contributed by atoms with Gasteiger partial charge in [0.15, 0.2) is 0 Å². The highest BCUT2D eigenvalue weighted by atomic mass is 19.1. The van der Waals surface area contributed by atoms with Gasteiger partial charge in [-0.25, -0.2) is 9.07 Å². The minimum Gasteiger partial charge on any atom is -0.350 e. The van der Waals surface area contributed by atoms with Crippen molar-refractivity contribution >= 4 is 16.8 Å². The monoisotopic (exact) mass is 376 g/mol. The fraction of sp³-hybridized carbons (Fsp3) is 0.182. The van der Waals surface area contributed by atoms with E-state index in [-0.39, 0.29) is 11.7 Å². The molecule has 4 aromatic rings. The van der Waals surface area contributed by atoms with Gasteiger partial charge in [-0.15, -0.1) is 0 Å². The molecule has 1 amide bonds. The Kier molecular flexibility index (Phi) is 4.47. The van der Waals surface area contributed by atoms with Crippen molar-refractivity contribution in [2.75, 3.05) is 7.05 Å². The van der Waals surface area contributed by atoms with Crippen molar-refractivity contribution in [3.8, 4) is 5.69 Å². The molecule has 5 nitrogen and oxygen atoms in total. The molecule has 0 aliphatic carbocycles. The Labute approximate surface area is 162 Å². The smallest absolute Gasteiger partial charge is 0.270 e. The largest absolute Gasteiger partial charge is 0.350 e. The van der Waals surface area contributed by atoms with Gasteiger partial charge in [0.25, 0.3) is 5.91 Å². The van der Waals surface area contributed by atoms with Crippen LogP contribution in [0, 0.1) is 19.7 Å². The van der Waals surface area contributed by atoms with Gasteiger partial charge >= 0.3 is 0 Å². The molecule has 2 aromatic heterocycles. The maximum Gasteiger partial charge on any atom is 0.270 e. The first-order chi connectivity index (χ1) is 13.5. The van der Waals surface area contributed by atoms with Gasteiger partial charge in [-0.05, 0) is 44.2 Å². The Morgan fingerprint density at radius 3 is 2.61 bits per heavy atom. The average molecular weight is 376 g/mol. The second-order valence-corrected chi connectivity index (χ2v) is 6.94. The van der Waals surface area contributed by atoms with Crippen LogP contribution >= 0.6 is 0 Å². The van der Waals surface area contributed by atoms with Gasteiger partial charge in [0.1, 0.15) is 11.5 Å². The summed E-state index contributed by atoms with van der Waals surface area (Å²) in [6.07, 6.45) is 0. The molecular formula is C22H21FN4O. The second-order valence-electron chi connectivity index (χ2n) is 6.94. The minimum atomic E-state index is -0.341. The number of nitrogens with zero attached hydrogens (tertiary/aromatic N) is 3. The molecule has 0 atom stereocenters. The quantitative estimate of drug-likeness (QED) is 0.575. The van der Waals surface area contributed by atoms with Gasteiger partial charge in [-0.3, -0.25) is 4.79 Å². The van der Waals surface area contributed by atoms with Crippen molar-refractivity contribution in [3.05, 3.63) is 83.1 Å². The lowest BCUT2D eigenvalue weighted by atomic mass is 10.1. The van der Waals surface area contributed by atoms with Crippen LogP contribution in [0.25, 0.3) is 16.6 Å². The Balaban J connectivity index is 1.61. The summed E-state index contributed by atoms with van der Waals surface area (Å²) in [5, 5.41) is 5.05. The van der Waals surface area contributed by atoms with Crippen molar-refractivity contribution in [1.29, 1.82) is 0 Å². The number of nitrogens with one attached hydrogen (secondary N) is 1. The van der Waals surface area contributed by atoms with E-state index < -0.39 is 0 Å². The van der Waals surface area contributed by atoms with Gasteiger partial charge in [-0.1, -0.05) is 24.3 Å². The number of aromatic amines is 1. The van der Waals surface area contributed by atoms with E-state index in [0.717, 1.165) is 22.6 Å². The lowest BCUT2D eigenvalue weighted by Crippen LogP contribution is -2.27. The lowest BCUT2D eigenvalue weighted by Gasteiger charge is -2.17. The number of halogens is 1. The van der Waals surface area contributed by atoms with E-state index in [2.05, 4.69) is 10.1 Å². The van der Waals surface area contributed by atoms with Gasteiger partial charge < -0.3 is 9.88 Å². The zero-order valence-corrected chi connectivity index (χ0v) is 16.0. The molecule has 6 heteroatoms. The molecular weight excluding hydrogens is 355 g/mol. The molecule has 0 saturated heterocycles. The number of carbonyl (C=O) groups is 1. The highest BCUT2D eigenvalue weighted by Crippen LogP contribution is 2.22. The molecule has 28 heavy (non-hydrogen) atoms. The summed E-state index contributed by atoms with van der Waals surface area (Å²) in [7, 11) is 1.74. The third kappa shape index (κ3) is 3.07. The van der Waals surface area contributed by atoms with Crippen LogP contribution in [0.3, 0.4) is 0 Å². The summed E-state index contributed by atoms with van der Waals surface area (Å²) in [6, 6.07) is 16.2. The summed E-state index contributed by atoms with van der Waals surface area (Å²) in [6.45, 7) is 4.36. The van der Waals surface area contributed by atoms with Crippen LogP contribution in [-0.2, 0) is 6.54 Å². The number of fused-ring (bicyclic) bond motifs is 1. The highest BCUT2D eigenvalue weighted by Gasteiger charge is 2.20. The van der Waals surface area contributed by atoms with E-state index in [0.29, 0.717) is 23.1 Å². The Hall–Kier alpha value is -3.41. The van der Waals surface area contributed by atoms with E-state index in [9.17, 15) is 9.18 Å². The summed E-state index contributed by atoms with van der Waals surface area (Å²) >= 11 is 0. The van der Waals surface area contributed by atoms with E-state index in [4.69, 9.17) is 0 Å². The molecule has 2 heterocycles. The first-order valence-electron chi connectivity index (χ1n) is 9.09. The SMILES string of the molecule is Cc1nn(-c2ccccc2)c(C)c1CN(C)C(=O)c1cc2c(F)cccc2[nH]1. The van der Waals surface area contributed by atoms with E-state index in [1.807, 2.05) is 48.9 Å². The van der Waals surface area contributed by atoms with Crippen LogP contribution in [0.15, 0.2) is 54.6 Å². The van der Waals surface area contributed by atoms with Crippen molar-refractivity contribution < 1.29 is 9.18 Å². The second kappa shape index (κ2) is 6.96. The number of aromatic nitrogens is 3. The molecule has 0 aliphatic rings. The van der Waals surface area contributed by atoms with E-state index >= 15 is 0 Å². The molecule has 1 N–H and O–H groups in total. The fourth-order valence-electron chi connectivity index (χ4n) is 3.47. The third-order valence-corrected chi connectivity index (χ3v) is 5.03. The molecule has 0 saturated carbocycles. The van der Waals surface area contributed by atoms with E-state index in [1.54, 1.807) is 30.1 Å². The molecule has 0 unspecified atom stereocenters. The summed E-state index contributed by atoms with van der Waals surface area (Å²) in [5.74, 6) is -0.534. The zero-order valence-electron chi connectivity index (χ0n) is 16.0. The molecule has 0 fully saturated rings. The number of H-pyrrole nitrogens is 1. The van der Waals surface area contributed by atoms with Crippen LogP contribution in [0.1, 0.15) is 27.4 Å². The summed E-state index contributed by atoms with van der Waals surface area (Å²) in [5.41, 5.74) is 4.83. The fourth-order valence-corrected chi connectivity index (χ4v) is 3.47. The van der Waals surface area contributed by atoms with Gasteiger partial charge in [0, 0.05) is 35.8 Å². The molecule has 0 radical (unpaired) electrons. The maximum atomic E-state index is 13.9. The normalized spacial score (nSPS) is 11.1. The number of amides is 1. The molecule has 2 aromatic carbocycles. The zero-order chi connectivity index (χ0) is 19.8. The van der Waals surface area contributed by atoms with Crippen LogP contribution < -0.4 is 0 Å². The van der Waals surface area contributed by atoms with Crippen molar-refractivity contribution in [1.82, 2.24) is 19.7 Å². The predicted molar refractivity (Wildman–Crippen MR) is 107 cm³/mol. The van der Waals surface area contributed by atoms with E-state index in [1.165, 1.54) is 6.07 Å². The maximum absolute atomic E-state index is 13.9. The van der Waals surface area contributed by atoms with Crippen LogP contribution in [0.4, 0.5) is 4.39 Å². The first kappa shape index (κ1) is 18.0. The van der Waals surface area contributed by atoms with Crippen LogP contribution in [-0.4, -0.2) is 32.6 Å². The van der Waals surface area contributed by atoms with Crippen LogP contribution in [0.5, 0.6) is 0 Å². The number of rotatable bonds is 4. The Morgan fingerprint density at radius 1 is 1.14 bits per heavy atom. The van der Waals surface area contributed by atoms with Crippen LogP contribution in [0.2, 0.25) is 0 Å². The molecule has 142 valence electrons. The lowest BCUT2D eigenvalue weighted by molar-refractivity contribution is 0.0780. The topological polar surface area (TPSA) is 53.9 Å². The predicted octanol–water partition coefficient (Wildman–Crippen LogP) is 4.38. The number of hydrogen-bond acceptors (Lipinski definition) is 2. The van der Waals surface area contributed by atoms with Gasteiger partial charge in [0.2, 0.25) is 0 Å². The van der Waals surface area contributed by atoms with Crippen molar-refractivity contribution in [3.63, 3.8) is 0 Å². The van der Waals surface area contributed by atoms with Crippen molar-refractivity contribution in [2.45, 2.75) is 20.4 Å². The standard InChI is InChI=1S/C22H21FN4O/c1-14-18(15(2)27(25-14)16-8-5-4-6-9-16)13-26(3)22(28)21-12-17-19(23)10-7-11-20(17)24-21/h4-12,24H,13H2,1-3H3. The third-order valence-electron chi connectivity index (χ3n) is 5.03. The summed E-state index contributed by atoms with van der Waals surface area (Å²) in [4.78, 5) is 17.5. The van der Waals surface area contributed by atoms with Crippen molar-refractivity contribution in [2.24, 2.45) is 0 Å². The minimum absolute atomic E-state index is 0.193. The molecule has 0 spiro atoms. The molecule has 0 aliphatic heterocycles. The first-order valence-corrected chi connectivity index (χ1v) is 9.09. The molecule has 0 bridgehead atoms. The van der Waals surface area contributed by atoms with Gasteiger partial charge in [-0.2, -0.15) is 5.10 Å². The number of carbonyl (C=O) groups excluding carboxylic acids is 1. The molecule has 4 rings (SSSR count). The highest BCUT2D eigenvalue weighted by molar-refractivity contribution is 5.98. The number of aryl methyl sites for hydroxylation is 1. The Morgan fingerprint density at radius 2 is 1.89 bits per heavy atom. The number of hydrogen-bond donors (Lipinski definition) is 1. The average Bonchev–Trinajstić information content (AvgIpc) is 3.25. The van der Waals surface area contributed by atoms with Gasteiger partial charge in [0.05, 0.1) is 11.4 Å².